The molecule has 1 aromatic rings. The number of rotatable bonds is 3. The average molecular weight is 167 g/mol. The molecule has 0 aliphatic rings. The summed E-state index contributed by atoms with van der Waals surface area (Å²) in [6.45, 7) is 2.84. The Balaban J connectivity index is 2.56. The highest BCUT2D eigenvalue weighted by Gasteiger charge is 1.91. The number of hydrogen-bond acceptors (Lipinski definition) is 1. The van der Waals surface area contributed by atoms with Gasteiger partial charge in [-0.15, -0.1) is 0 Å². The SMILES string of the molecule is CCCOc1cccc([S])c1. The minimum atomic E-state index is 0.763. The van der Waals surface area contributed by atoms with Crippen molar-refractivity contribution in [2.24, 2.45) is 0 Å². The van der Waals surface area contributed by atoms with Gasteiger partial charge in [0.25, 0.3) is 0 Å². The smallest absolute Gasteiger partial charge is 0.120 e. The van der Waals surface area contributed by atoms with Crippen LogP contribution < -0.4 is 4.74 Å². The number of hydrogen-bond donors (Lipinski definition) is 0. The van der Waals surface area contributed by atoms with Gasteiger partial charge in [0.2, 0.25) is 0 Å². The summed E-state index contributed by atoms with van der Waals surface area (Å²) in [7, 11) is 0. The van der Waals surface area contributed by atoms with Gasteiger partial charge >= 0.3 is 0 Å². The first-order valence-corrected chi connectivity index (χ1v) is 4.13. The van der Waals surface area contributed by atoms with Crippen molar-refractivity contribution in [1.82, 2.24) is 0 Å². The first-order chi connectivity index (χ1) is 5.33. The predicted octanol–water partition coefficient (Wildman–Crippen LogP) is 3.03. The van der Waals surface area contributed by atoms with Gasteiger partial charge in [0.1, 0.15) is 5.75 Å². The summed E-state index contributed by atoms with van der Waals surface area (Å²) in [5.74, 6) is 0.874. The fourth-order valence-electron chi connectivity index (χ4n) is 0.784. The molecule has 2 heteroatoms. The molecular formula is C9H11OS. The second-order valence-corrected chi connectivity index (χ2v) is 2.79. The van der Waals surface area contributed by atoms with E-state index in [0.717, 1.165) is 23.7 Å². The van der Waals surface area contributed by atoms with Crippen molar-refractivity contribution in [3.8, 4) is 5.75 Å². The van der Waals surface area contributed by atoms with E-state index < -0.39 is 0 Å². The highest BCUT2D eigenvalue weighted by molar-refractivity contribution is 7.80. The van der Waals surface area contributed by atoms with Gasteiger partial charge in [-0.25, -0.2) is 0 Å². The third-order valence-electron chi connectivity index (χ3n) is 1.28. The van der Waals surface area contributed by atoms with Gasteiger partial charge in [-0.2, -0.15) is 0 Å². The maximum absolute atomic E-state index is 5.37. The molecular weight excluding hydrogens is 156 g/mol. The molecule has 1 nitrogen and oxygen atoms in total. The molecule has 1 radical (unpaired) electrons. The molecule has 0 heterocycles. The van der Waals surface area contributed by atoms with Gasteiger partial charge in [0.15, 0.2) is 0 Å². The van der Waals surface area contributed by atoms with Crippen LogP contribution in [0.5, 0.6) is 5.75 Å². The van der Waals surface area contributed by atoms with E-state index in [4.69, 9.17) is 17.4 Å². The van der Waals surface area contributed by atoms with Crippen molar-refractivity contribution >= 4 is 12.6 Å². The lowest BCUT2D eigenvalue weighted by Crippen LogP contribution is -1.94. The molecule has 0 N–H and O–H groups in total. The van der Waals surface area contributed by atoms with E-state index in [-0.39, 0.29) is 0 Å². The van der Waals surface area contributed by atoms with E-state index >= 15 is 0 Å². The lowest BCUT2D eigenvalue weighted by molar-refractivity contribution is 0.317. The van der Waals surface area contributed by atoms with Crippen molar-refractivity contribution in [2.45, 2.75) is 18.2 Å². The highest BCUT2D eigenvalue weighted by Crippen LogP contribution is 2.15. The van der Waals surface area contributed by atoms with Crippen LogP contribution in [-0.2, 0) is 0 Å². The molecule has 0 bridgehead atoms. The van der Waals surface area contributed by atoms with Crippen molar-refractivity contribution in [3.05, 3.63) is 24.3 Å². The molecule has 1 aromatic carbocycles. The van der Waals surface area contributed by atoms with E-state index in [9.17, 15) is 0 Å². The average Bonchev–Trinajstić information content (AvgIpc) is 2.01. The number of benzene rings is 1. The molecule has 0 atom stereocenters. The summed E-state index contributed by atoms with van der Waals surface area (Å²) in [4.78, 5) is 0.832. The van der Waals surface area contributed by atoms with Crippen LogP contribution in [0.1, 0.15) is 13.3 Å². The van der Waals surface area contributed by atoms with E-state index in [1.54, 1.807) is 0 Å². The summed E-state index contributed by atoms with van der Waals surface area (Å²) in [5, 5.41) is 0. The molecule has 0 saturated heterocycles. The zero-order valence-corrected chi connectivity index (χ0v) is 7.36. The summed E-state index contributed by atoms with van der Waals surface area (Å²) >= 11 is 4.97. The lowest BCUT2D eigenvalue weighted by atomic mass is 10.3. The second-order valence-electron chi connectivity index (χ2n) is 2.32. The van der Waals surface area contributed by atoms with Crippen LogP contribution in [0.4, 0.5) is 0 Å². The zero-order chi connectivity index (χ0) is 8.10. The Kier molecular flexibility index (Phi) is 3.17. The predicted molar refractivity (Wildman–Crippen MR) is 48.1 cm³/mol. The largest absolute Gasteiger partial charge is 0.494 e. The van der Waals surface area contributed by atoms with Crippen molar-refractivity contribution in [3.63, 3.8) is 0 Å². The molecule has 0 spiro atoms. The Morgan fingerprint density at radius 1 is 1.45 bits per heavy atom. The van der Waals surface area contributed by atoms with Crippen LogP contribution in [0.3, 0.4) is 0 Å². The van der Waals surface area contributed by atoms with Gasteiger partial charge in [0.05, 0.1) is 6.61 Å². The van der Waals surface area contributed by atoms with Crippen LogP contribution in [0, 0.1) is 0 Å². The van der Waals surface area contributed by atoms with Crippen molar-refractivity contribution in [2.75, 3.05) is 6.61 Å². The zero-order valence-electron chi connectivity index (χ0n) is 6.54. The molecule has 0 saturated carbocycles. The first-order valence-electron chi connectivity index (χ1n) is 3.73. The molecule has 0 fully saturated rings. The standard InChI is InChI=1S/C9H11OS/c1-2-6-10-8-4-3-5-9(11)7-8/h3-5,7H,2,6H2,1H3. The Morgan fingerprint density at radius 2 is 2.27 bits per heavy atom. The van der Waals surface area contributed by atoms with E-state index in [2.05, 4.69) is 6.92 Å². The second kappa shape index (κ2) is 4.19. The fraction of sp³-hybridized carbons (Fsp3) is 0.333. The Morgan fingerprint density at radius 3 is 2.91 bits per heavy atom. The van der Waals surface area contributed by atoms with Crippen LogP contribution in [0.25, 0.3) is 0 Å². The normalized spacial score (nSPS) is 9.55. The maximum atomic E-state index is 5.37. The highest BCUT2D eigenvalue weighted by atomic mass is 32.1. The number of ether oxygens (including phenoxy) is 1. The van der Waals surface area contributed by atoms with E-state index in [0.29, 0.717) is 0 Å². The van der Waals surface area contributed by atoms with Crippen molar-refractivity contribution < 1.29 is 4.74 Å². The first kappa shape index (κ1) is 8.34. The van der Waals surface area contributed by atoms with E-state index in [1.165, 1.54) is 0 Å². The summed E-state index contributed by atoms with van der Waals surface area (Å²) < 4.78 is 5.37. The molecule has 0 aliphatic carbocycles. The topological polar surface area (TPSA) is 9.23 Å². The monoisotopic (exact) mass is 167 g/mol. The van der Waals surface area contributed by atoms with Gasteiger partial charge in [-0.3, -0.25) is 0 Å². The van der Waals surface area contributed by atoms with Crippen LogP contribution in [0.2, 0.25) is 0 Å². The molecule has 1 rings (SSSR count). The third kappa shape index (κ3) is 2.76. The lowest BCUT2D eigenvalue weighted by Gasteiger charge is -2.03. The van der Waals surface area contributed by atoms with Gasteiger partial charge < -0.3 is 4.74 Å². The quantitative estimate of drug-likeness (QED) is 0.672. The third-order valence-corrected chi connectivity index (χ3v) is 1.53. The minimum Gasteiger partial charge on any atom is -0.494 e. The molecule has 0 aliphatic heterocycles. The summed E-state index contributed by atoms with van der Waals surface area (Å²) in [6, 6.07) is 7.58. The Hall–Kier alpha value is -0.760. The molecule has 11 heavy (non-hydrogen) atoms. The molecule has 0 amide bonds. The Labute approximate surface area is 72.8 Å². The van der Waals surface area contributed by atoms with Crippen LogP contribution in [-0.4, -0.2) is 6.61 Å². The maximum Gasteiger partial charge on any atom is 0.120 e. The van der Waals surface area contributed by atoms with Gasteiger partial charge in [0, 0.05) is 4.90 Å². The molecule has 59 valence electrons. The summed E-state index contributed by atoms with van der Waals surface area (Å²) in [5.41, 5.74) is 0. The summed E-state index contributed by atoms with van der Waals surface area (Å²) in [6.07, 6.45) is 1.03. The Bertz CT molecular complexity index is 223. The molecule has 0 aromatic heterocycles. The molecule has 0 unspecified atom stereocenters. The minimum absolute atomic E-state index is 0.763. The van der Waals surface area contributed by atoms with Crippen LogP contribution >= 0.6 is 12.6 Å². The van der Waals surface area contributed by atoms with Gasteiger partial charge in [-0.05, 0) is 24.6 Å². The fourth-order valence-corrected chi connectivity index (χ4v) is 0.979. The van der Waals surface area contributed by atoms with Gasteiger partial charge in [-0.1, -0.05) is 25.6 Å². The van der Waals surface area contributed by atoms with Crippen molar-refractivity contribution in [1.29, 1.82) is 0 Å². The van der Waals surface area contributed by atoms with E-state index in [1.807, 2.05) is 24.3 Å². The van der Waals surface area contributed by atoms with Crippen LogP contribution in [0.15, 0.2) is 29.2 Å².